The number of para-hydroxylation sites is 1. The quantitative estimate of drug-likeness (QED) is 0.653. The van der Waals surface area contributed by atoms with Crippen LogP contribution in [-0.2, 0) is 0 Å². The number of fused-ring (bicyclic) bond motifs is 1. The third-order valence-electron chi connectivity index (χ3n) is 3.74. The summed E-state index contributed by atoms with van der Waals surface area (Å²) in [7, 11) is 0. The minimum Gasteiger partial charge on any atom is -0.492 e. The maximum absolute atomic E-state index is 12.5. The molecule has 2 aromatic carbocycles. The molecule has 8 heteroatoms. The number of nitro groups is 1. The van der Waals surface area contributed by atoms with Crippen molar-refractivity contribution in [2.24, 2.45) is 0 Å². The first kappa shape index (κ1) is 16.5. The van der Waals surface area contributed by atoms with Crippen molar-refractivity contribution >= 4 is 34.8 Å². The van der Waals surface area contributed by atoms with Crippen molar-refractivity contribution in [1.29, 1.82) is 0 Å². The number of hydrogen-bond donors (Lipinski definition) is 1. The number of rotatable bonds is 3. The SMILES string of the molecule is O=C(NC1CCOc2c(Cl)cccc21)c1ccc([N+](=O)[O-])cc1Cl. The molecule has 0 aliphatic carbocycles. The molecule has 0 aromatic heterocycles. The van der Waals surface area contributed by atoms with E-state index in [1.807, 2.05) is 6.07 Å². The Morgan fingerprint density at radius 3 is 2.75 bits per heavy atom. The van der Waals surface area contributed by atoms with Gasteiger partial charge in [0.2, 0.25) is 0 Å². The molecule has 1 amide bonds. The van der Waals surface area contributed by atoms with Crippen LogP contribution in [0, 0.1) is 10.1 Å². The highest BCUT2D eigenvalue weighted by molar-refractivity contribution is 6.34. The fourth-order valence-electron chi connectivity index (χ4n) is 2.57. The van der Waals surface area contributed by atoms with Crippen LogP contribution in [0.25, 0.3) is 0 Å². The van der Waals surface area contributed by atoms with E-state index in [4.69, 9.17) is 27.9 Å². The van der Waals surface area contributed by atoms with E-state index in [-0.39, 0.29) is 22.3 Å². The molecule has 6 nitrogen and oxygen atoms in total. The van der Waals surface area contributed by atoms with Gasteiger partial charge in [-0.2, -0.15) is 0 Å². The van der Waals surface area contributed by atoms with Gasteiger partial charge in [0.1, 0.15) is 5.75 Å². The van der Waals surface area contributed by atoms with Crippen LogP contribution in [0.3, 0.4) is 0 Å². The van der Waals surface area contributed by atoms with Crippen molar-refractivity contribution in [2.75, 3.05) is 6.61 Å². The van der Waals surface area contributed by atoms with Crippen LogP contribution in [0.15, 0.2) is 36.4 Å². The fraction of sp³-hybridized carbons (Fsp3) is 0.188. The van der Waals surface area contributed by atoms with Gasteiger partial charge < -0.3 is 10.1 Å². The summed E-state index contributed by atoms with van der Waals surface area (Å²) in [4.78, 5) is 22.6. The molecule has 0 bridgehead atoms. The average molecular weight is 367 g/mol. The topological polar surface area (TPSA) is 81.5 Å². The molecule has 3 rings (SSSR count). The lowest BCUT2D eigenvalue weighted by atomic mass is 10.00. The largest absolute Gasteiger partial charge is 0.492 e. The van der Waals surface area contributed by atoms with Crippen LogP contribution in [0.5, 0.6) is 5.75 Å². The number of ether oxygens (including phenoxy) is 1. The highest BCUT2D eigenvalue weighted by Crippen LogP contribution is 2.37. The first-order valence-electron chi connectivity index (χ1n) is 7.13. The third-order valence-corrected chi connectivity index (χ3v) is 4.35. The van der Waals surface area contributed by atoms with E-state index in [0.29, 0.717) is 23.8 Å². The summed E-state index contributed by atoms with van der Waals surface area (Å²) in [6.07, 6.45) is 0.587. The molecule has 1 atom stereocenters. The maximum Gasteiger partial charge on any atom is 0.270 e. The van der Waals surface area contributed by atoms with Crippen molar-refractivity contribution in [3.63, 3.8) is 0 Å². The summed E-state index contributed by atoms with van der Waals surface area (Å²) < 4.78 is 5.55. The molecule has 1 aliphatic heterocycles. The number of carbonyl (C=O) groups excluding carboxylic acids is 1. The third kappa shape index (κ3) is 3.16. The molecule has 0 fully saturated rings. The van der Waals surface area contributed by atoms with Crippen molar-refractivity contribution in [1.82, 2.24) is 5.32 Å². The Bertz CT molecular complexity index is 826. The van der Waals surface area contributed by atoms with Crippen LogP contribution in [-0.4, -0.2) is 17.4 Å². The van der Waals surface area contributed by atoms with Crippen molar-refractivity contribution in [3.8, 4) is 5.75 Å². The van der Waals surface area contributed by atoms with Gasteiger partial charge in [0.15, 0.2) is 0 Å². The van der Waals surface area contributed by atoms with E-state index >= 15 is 0 Å². The second-order valence-electron chi connectivity index (χ2n) is 5.24. The van der Waals surface area contributed by atoms with Gasteiger partial charge in [-0.3, -0.25) is 14.9 Å². The molecule has 2 aromatic rings. The fourth-order valence-corrected chi connectivity index (χ4v) is 3.07. The van der Waals surface area contributed by atoms with Crippen LogP contribution in [0.1, 0.15) is 28.4 Å². The Kier molecular flexibility index (Phi) is 4.59. The van der Waals surface area contributed by atoms with Gasteiger partial charge in [-0.25, -0.2) is 0 Å². The predicted octanol–water partition coefficient (Wildman–Crippen LogP) is 4.16. The monoisotopic (exact) mass is 366 g/mol. The van der Waals surface area contributed by atoms with Crippen LogP contribution in [0.2, 0.25) is 10.0 Å². The normalized spacial score (nSPS) is 16.0. The Labute approximate surface area is 147 Å². The van der Waals surface area contributed by atoms with Gasteiger partial charge in [-0.1, -0.05) is 35.3 Å². The summed E-state index contributed by atoms with van der Waals surface area (Å²) in [5.74, 6) is 0.151. The maximum atomic E-state index is 12.5. The molecule has 1 unspecified atom stereocenters. The molecule has 124 valence electrons. The number of halogens is 2. The zero-order valence-electron chi connectivity index (χ0n) is 12.3. The van der Waals surface area contributed by atoms with E-state index in [0.717, 1.165) is 11.6 Å². The number of non-ortho nitro benzene ring substituents is 1. The summed E-state index contributed by atoms with van der Waals surface area (Å²) in [5.41, 5.74) is 0.803. The smallest absolute Gasteiger partial charge is 0.270 e. The summed E-state index contributed by atoms with van der Waals surface area (Å²) >= 11 is 12.1. The number of nitrogens with zero attached hydrogens (tertiary/aromatic N) is 1. The molecule has 1 aliphatic rings. The first-order chi connectivity index (χ1) is 11.5. The number of amides is 1. The number of hydrogen-bond acceptors (Lipinski definition) is 4. The number of carbonyl (C=O) groups is 1. The highest BCUT2D eigenvalue weighted by Gasteiger charge is 2.26. The molecule has 1 heterocycles. The Hall–Kier alpha value is -2.31. The van der Waals surface area contributed by atoms with Gasteiger partial charge in [0.05, 0.1) is 33.2 Å². The molecule has 1 N–H and O–H groups in total. The minimum absolute atomic E-state index is 0.0278. The molecule has 0 saturated heterocycles. The van der Waals surface area contributed by atoms with Crippen molar-refractivity contribution < 1.29 is 14.5 Å². The van der Waals surface area contributed by atoms with Crippen LogP contribution >= 0.6 is 23.2 Å². The minimum atomic E-state index is -0.565. The van der Waals surface area contributed by atoms with Crippen molar-refractivity contribution in [3.05, 3.63) is 67.7 Å². The lowest BCUT2D eigenvalue weighted by Gasteiger charge is -2.27. The van der Waals surface area contributed by atoms with Gasteiger partial charge in [0, 0.05) is 24.1 Å². The second-order valence-corrected chi connectivity index (χ2v) is 6.06. The van der Waals surface area contributed by atoms with Gasteiger partial charge in [0.25, 0.3) is 11.6 Å². The molecule has 0 radical (unpaired) electrons. The van der Waals surface area contributed by atoms with Gasteiger partial charge in [-0.15, -0.1) is 0 Å². The summed E-state index contributed by atoms with van der Waals surface area (Å²) in [6, 6.07) is 8.81. The first-order valence-corrected chi connectivity index (χ1v) is 7.89. The zero-order chi connectivity index (χ0) is 17.3. The lowest BCUT2D eigenvalue weighted by Crippen LogP contribution is -2.32. The highest BCUT2D eigenvalue weighted by atomic mass is 35.5. The standard InChI is InChI=1S/C16H12Cl2N2O4/c17-12-3-1-2-11-14(6-7-24-15(11)12)19-16(21)10-5-4-9(20(22)23)8-13(10)18/h1-5,8,14H,6-7H2,(H,19,21). The summed E-state index contributed by atoms with van der Waals surface area (Å²) in [5, 5.41) is 14.1. The Morgan fingerprint density at radius 2 is 2.04 bits per heavy atom. The Balaban J connectivity index is 1.84. The van der Waals surface area contributed by atoms with E-state index in [1.165, 1.54) is 12.1 Å². The molecular formula is C16H12Cl2N2O4. The number of nitro benzene ring substituents is 1. The summed E-state index contributed by atoms with van der Waals surface area (Å²) in [6.45, 7) is 0.426. The van der Waals surface area contributed by atoms with Gasteiger partial charge >= 0.3 is 0 Å². The number of benzene rings is 2. The van der Waals surface area contributed by atoms with E-state index in [9.17, 15) is 14.9 Å². The lowest BCUT2D eigenvalue weighted by molar-refractivity contribution is -0.384. The second kappa shape index (κ2) is 6.67. The van der Waals surface area contributed by atoms with Gasteiger partial charge in [-0.05, 0) is 12.1 Å². The van der Waals surface area contributed by atoms with Crippen molar-refractivity contribution in [2.45, 2.75) is 12.5 Å². The van der Waals surface area contributed by atoms with E-state index < -0.39 is 10.8 Å². The zero-order valence-corrected chi connectivity index (χ0v) is 13.8. The average Bonchev–Trinajstić information content (AvgIpc) is 2.55. The molecular weight excluding hydrogens is 355 g/mol. The number of nitrogens with one attached hydrogen (secondary N) is 1. The van der Waals surface area contributed by atoms with E-state index in [1.54, 1.807) is 12.1 Å². The Morgan fingerprint density at radius 1 is 1.25 bits per heavy atom. The van der Waals surface area contributed by atoms with Crippen LogP contribution in [0.4, 0.5) is 5.69 Å². The molecule has 0 spiro atoms. The van der Waals surface area contributed by atoms with E-state index in [2.05, 4.69) is 5.32 Å². The molecule has 24 heavy (non-hydrogen) atoms. The van der Waals surface area contributed by atoms with Crippen LogP contribution < -0.4 is 10.1 Å². The molecule has 0 saturated carbocycles. The predicted molar refractivity (Wildman–Crippen MR) is 89.9 cm³/mol.